The minimum atomic E-state index is 0.0867. The summed E-state index contributed by atoms with van der Waals surface area (Å²) in [5.74, 6) is 0. The summed E-state index contributed by atoms with van der Waals surface area (Å²) in [5.41, 5.74) is 6.96. The van der Waals surface area contributed by atoms with Crippen LogP contribution in [0.5, 0.6) is 0 Å². The Balaban J connectivity index is 2.94. The van der Waals surface area contributed by atoms with Gasteiger partial charge in [-0.25, -0.2) is 0 Å². The minimum absolute atomic E-state index is 0.0867. The molecule has 3 heteroatoms. The normalized spacial score (nSPS) is 14.8. The van der Waals surface area contributed by atoms with Crippen LogP contribution in [0.25, 0.3) is 0 Å². The van der Waals surface area contributed by atoms with Gasteiger partial charge in [0.15, 0.2) is 0 Å². The van der Waals surface area contributed by atoms with Crippen LogP contribution in [0.1, 0.15) is 32.3 Å². The highest BCUT2D eigenvalue weighted by Crippen LogP contribution is 2.33. The Labute approximate surface area is 108 Å². The van der Waals surface area contributed by atoms with Crippen LogP contribution in [-0.4, -0.2) is 6.54 Å². The van der Waals surface area contributed by atoms with Crippen molar-refractivity contribution >= 4 is 23.2 Å². The molecule has 0 aromatic heterocycles. The average molecular weight is 260 g/mol. The molecule has 0 fully saturated rings. The fraction of sp³-hybridized carbons (Fsp3) is 0.538. The van der Waals surface area contributed by atoms with Gasteiger partial charge >= 0.3 is 0 Å². The summed E-state index contributed by atoms with van der Waals surface area (Å²) in [6.45, 7) is 5.01. The minimum Gasteiger partial charge on any atom is -0.330 e. The highest BCUT2D eigenvalue weighted by Gasteiger charge is 2.24. The molecule has 0 aliphatic rings. The van der Waals surface area contributed by atoms with Crippen LogP contribution < -0.4 is 5.73 Å². The summed E-state index contributed by atoms with van der Waals surface area (Å²) in [6, 6.07) is 5.63. The highest BCUT2D eigenvalue weighted by atomic mass is 35.5. The van der Waals surface area contributed by atoms with Gasteiger partial charge in [0.2, 0.25) is 0 Å². The third kappa shape index (κ3) is 3.38. The van der Waals surface area contributed by atoms with Gasteiger partial charge in [-0.15, -0.1) is 0 Å². The fourth-order valence-electron chi connectivity index (χ4n) is 1.99. The molecule has 0 heterocycles. The number of nitrogens with two attached hydrogens (primary N) is 1. The molecular weight excluding hydrogens is 241 g/mol. The van der Waals surface area contributed by atoms with Crippen LogP contribution in [0.2, 0.25) is 10.0 Å². The summed E-state index contributed by atoms with van der Waals surface area (Å²) in [6.07, 6.45) is 3.05. The predicted molar refractivity (Wildman–Crippen MR) is 72.2 cm³/mol. The Kier molecular flexibility index (Phi) is 5.10. The molecule has 1 nitrogen and oxygen atoms in total. The van der Waals surface area contributed by atoms with Crippen LogP contribution in [0.3, 0.4) is 0 Å². The number of hydrogen-bond donors (Lipinski definition) is 1. The van der Waals surface area contributed by atoms with Crippen molar-refractivity contribution in [2.24, 2.45) is 11.1 Å². The SMILES string of the molecule is CCCC(C)(CN)Cc1c(Cl)cccc1Cl. The van der Waals surface area contributed by atoms with Gasteiger partial charge in [-0.3, -0.25) is 0 Å². The summed E-state index contributed by atoms with van der Waals surface area (Å²) < 4.78 is 0. The zero-order valence-electron chi connectivity index (χ0n) is 9.89. The van der Waals surface area contributed by atoms with Crippen molar-refractivity contribution in [2.45, 2.75) is 33.1 Å². The van der Waals surface area contributed by atoms with Crippen molar-refractivity contribution in [1.82, 2.24) is 0 Å². The van der Waals surface area contributed by atoms with E-state index in [1.165, 1.54) is 0 Å². The van der Waals surface area contributed by atoms with E-state index in [4.69, 9.17) is 28.9 Å². The zero-order valence-corrected chi connectivity index (χ0v) is 11.4. The predicted octanol–water partition coefficient (Wildman–Crippen LogP) is 4.30. The van der Waals surface area contributed by atoms with Crippen molar-refractivity contribution < 1.29 is 0 Å². The van der Waals surface area contributed by atoms with E-state index in [-0.39, 0.29) is 5.41 Å². The van der Waals surface area contributed by atoms with Crippen molar-refractivity contribution in [3.05, 3.63) is 33.8 Å². The number of hydrogen-bond acceptors (Lipinski definition) is 1. The molecule has 1 aromatic carbocycles. The van der Waals surface area contributed by atoms with Gasteiger partial charge < -0.3 is 5.73 Å². The molecule has 0 bridgehead atoms. The third-order valence-corrected chi connectivity index (χ3v) is 3.72. The van der Waals surface area contributed by atoms with Gasteiger partial charge in [0.1, 0.15) is 0 Å². The lowest BCUT2D eigenvalue weighted by Crippen LogP contribution is -2.29. The molecule has 0 saturated heterocycles. The Morgan fingerprint density at radius 3 is 2.25 bits per heavy atom. The van der Waals surface area contributed by atoms with Crippen molar-refractivity contribution in [2.75, 3.05) is 6.54 Å². The quantitative estimate of drug-likeness (QED) is 0.839. The van der Waals surface area contributed by atoms with Crippen molar-refractivity contribution in [1.29, 1.82) is 0 Å². The molecule has 16 heavy (non-hydrogen) atoms. The van der Waals surface area contributed by atoms with Gasteiger partial charge in [0.05, 0.1) is 0 Å². The topological polar surface area (TPSA) is 26.0 Å². The first kappa shape index (κ1) is 13.8. The van der Waals surface area contributed by atoms with Crippen LogP contribution >= 0.6 is 23.2 Å². The van der Waals surface area contributed by atoms with Crippen molar-refractivity contribution in [3.8, 4) is 0 Å². The van der Waals surface area contributed by atoms with E-state index in [2.05, 4.69) is 13.8 Å². The number of halogens is 2. The van der Waals surface area contributed by atoms with Crippen molar-refractivity contribution in [3.63, 3.8) is 0 Å². The molecule has 1 unspecified atom stereocenters. The smallest absolute Gasteiger partial charge is 0.0453 e. The van der Waals surface area contributed by atoms with Gasteiger partial charge in [0, 0.05) is 10.0 Å². The molecule has 0 aliphatic heterocycles. The Morgan fingerprint density at radius 1 is 1.25 bits per heavy atom. The lowest BCUT2D eigenvalue weighted by Gasteiger charge is -2.28. The van der Waals surface area contributed by atoms with E-state index in [0.717, 1.165) is 34.9 Å². The van der Waals surface area contributed by atoms with Gasteiger partial charge in [0.25, 0.3) is 0 Å². The largest absolute Gasteiger partial charge is 0.330 e. The van der Waals surface area contributed by atoms with Crippen LogP contribution in [0.15, 0.2) is 18.2 Å². The molecule has 0 spiro atoms. The molecule has 2 N–H and O–H groups in total. The summed E-state index contributed by atoms with van der Waals surface area (Å²) in [7, 11) is 0. The molecule has 0 amide bonds. The van der Waals surface area contributed by atoms with E-state index in [9.17, 15) is 0 Å². The van der Waals surface area contributed by atoms with E-state index >= 15 is 0 Å². The fourth-order valence-corrected chi connectivity index (χ4v) is 2.53. The van der Waals surface area contributed by atoms with E-state index < -0.39 is 0 Å². The maximum atomic E-state index is 6.17. The second kappa shape index (κ2) is 5.90. The Bertz CT molecular complexity index is 332. The Morgan fingerprint density at radius 2 is 1.81 bits per heavy atom. The van der Waals surface area contributed by atoms with Crippen LogP contribution in [0.4, 0.5) is 0 Å². The second-order valence-corrected chi connectivity index (χ2v) is 5.46. The first-order valence-corrected chi connectivity index (χ1v) is 6.41. The Hall–Kier alpha value is -0.240. The molecule has 90 valence electrons. The highest BCUT2D eigenvalue weighted by molar-refractivity contribution is 6.36. The molecule has 1 aromatic rings. The molecule has 0 radical (unpaired) electrons. The summed E-state index contributed by atoms with van der Waals surface area (Å²) in [5, 5.41) is 1.48. The number of rotatable bonds is 5. The van der Waals surface area contributed by atoms with Gasteiger partial charge in [-0.2, -0.15) is 0 Å². The summed E-state index contributed by atoms with van der Waals surface area (Å²) >= 11 is 12.3. The summed E-state index contributed by atoms with van der Waals surface area (Å²) in [4.78, 5) is 0. The molecule has 1 atom stereocenters. The van der Waals surface area contributed by atoms with Crippen LogP contribution in [-0.2, 0) is 6.42 Å². The van der Waals surface area contributed by atoms with E-state index in [1.807, 2.05) is 18.2 Å². The van der Waals surface area contributed by atoms with E-state index in [0.29, 0.717) is 6.54 Å². The standard InChI is InChI=1S/C13H19Cl2N/c1-3-7-13(2,9-16)8-10-11(14)5-4-6-12(10)15/h4-6H,3,7-9,16H2,1-2H3. The molecular formula is C13H19Cl2N. The number of benzene rings is 1. The first-order chi connectivity index (χ1) is 7.52. The monoisotopic (exact) mass is 259 g/mol. The maximum absolute atomic E-state index is 6.17. The van der Waals surface area contributed by atoms with Gasteiger partial charge in [-0.1, -0.05) is 49.5 Å². The average Bonchev–Trinajstić information content (AvgIpc) is 2.24. The lowest BCUT2D eigenvalue weighted by molar-refractivity contribution is 0.303. The molecule has 1 rings (SSSR count). The molecule has 0 saturated carbocycles. The van der Waals surface area contributed by atoms with Crippen LogP contribution in [0, 0.1) is 5.41 Å². The lowest BCUT2D eigenvalue weighted by atomic mass is 9.80. The maximum Gasteiger partial charge on any atom is 0.0453 e. The third-order valence-electron chi connectivity index (χ3n) is 3.01. The molecule has 0 aliphatic carbocycles. The first-order valence-electron chi connectivity index (χ1n) is 5.65. The van der Waals surface area contributed by atoms with Gasteiger partial charge in [-0.05, 0) is 42.5 Å². The zero-order chi connectivity index (χ0) is 12.2. The second-order valence-electron chi connectivity index (χ2n) is 4.64. The van der Waals surface area contributed by atoms with E-state index in [1.54, 1.807) is 0 Å².